The molecule has 4 atom stereocenters. The van der Waals surface area contributed by atoms with E-state index in [4.69, 9.17) is 47.3 Å². The molecule has 0 aliphatic heterocycles. The number of nitrogens with zero attached hydrogens (tertiary/aromatic N) is 2. The number of halogens is 5. The Labute approximate surface area is 354 Å². The molecule has 0 saturated carbocycles. The SMILES string of the molecule is Cc1ccc(C(=O)NN)cc1.[C-]#[N+]c1ccc(CC(C(=O)O)[C@H](C)O)c(C)c1Cl.[C-]#[N+]c1ccc(C[C@@H](C(=O)NNC(=O)c2ccc(C(F)(F)F)cc2)[C@H](C)O)c(C)c1Cl. The number of carboxylic acids is 1. The highest BCUT2D eigenvalue weighted by atomic mass is 35.5. The van der Waals surface area contributed by atoms with Crippen LogP contribution in [-0.2, 0) is 28.6 Å². The molecule has 0 saturated heterocycles. The van der Waals surface area contributed by atoms with Gasteiger partial charge in [0.1, 0.15) is 0 Å². The molecular formula is C42H43Cl2F3N6O7. The van der Waals surface area contributed by atoms with Crippen LogP contribution in [-0.4, -0.2) is 51.2 Å². The maximum absolute atomic E-state index is 12.6. The number of nitrogen functional groups attached to an aromatic ring is 1. The topological polar surface area (TPSA) is 200 Å². The average Bonchev–Trinajstić information content (AvgIpc) is 3.20. The Morgan fingerprint density at radius 2 is 1.12 bits per heavy atom. The van der Waals surface area contributed by atoms with Crippen LogP contribution in [0.4, 0.5) is 24.5 Å². The van der Waals surface area contributed by atoms with Crippen molar-refractivity contribution < 1.29 is 47.7 Å². The first-order chi connectivity index (χ1) is 28.1. The summed E-state index contributed by atoms with van der Waals surface area (Å²) in [6.45, 7) is 22.3. The van der Waals surface area contributed by atoms with Crippen molar-refractivity contribution in [3.05, 3.63) is 150 Å². The van der Waals surface area contributed by atoms with Crippen LogP contribution in [0.3, 0.4) is 0 Å². The Balaban J connectivity index is 0.000000357. The normalized spacial score (nSPS) is 12.6. The molecule has 4 aromatic rings. The molecule has 4 rings (SSSR count). The van der Waals surface area contributed by atoms with E-state index in [0.29, 0.717) is 33.0 Å². The summed E-state index contributed by atoms with van der Waals surface area (Å²) >= 11 is 12.2. The second-order valence-corrected chi connectivity index (χ2v) is 14.1. The van der Waals surface area contributed by atoms with Crippen molar-refractivity contribution in [1.29, 1.82) is 0 Å². The third-order valence-electron chi connectivity index (χ3n) is 9.11. The van der Waals surface area contributed by atoms with Crippen molar-refractivity contribution >= 4 is 58.3 Å². The molecular weight excluding hydrogens is 828 g/mol. The van der Waals surface area contributed by atoms with E-state index in [1.165, 1.54) is 19.9 Å². The number of carbonyl (C=O) groups excluding carboxylic acids is 3. The summed E-state index contributed by atoms with van der Waals surface area (Å²) in [6, 6.07) is 17.1. The number of nitrogens with two attached hydrogens (primary N) is 1. The fourth-order valence-electron chi connectivity index (χ4n) is 5.34. The predicted molar refractivity (Wildman–Crippen MR) is 220 cm³/mol. The van der Waals surface area contributed by atoms with Crippen LogP contribution in [0.15, 0.2) is 72.8 Å². The predicted octanol–water partition coefficient (Wildman–Crippen LogP) is 7.64. The fraction of sp³-hybridized carbons (Fsp3) is 0.286. The zero-order valence-corrected chi connectivity index (χ0v) is 34.5. The van der Waals surface area contributed by atoms with Crippen molar-refractivity contribution in [2.75, 3.05) is 0 Å². The van der Waals surface area contributed by atoms with Gasteiger partial charge in [0.2, 0.25) is 17.3 Å². The maximum Gasteiger partial charge on any atom is 0.416 e. The standard InChI is InChI=1S/C21H19ClF3N3O3.C13H14ClNO3.C8H10N2O/c1-11-14(6-9-17(26-3)18(11)22)10-16(12(2)29)20(31)28-27-19(30)13-4-7-15(8-5-13)21(23,24)25;1-7-9(4-5-11(15-3)12(7)14)6-10(8(2)16)13(17)18;1-6-2-4-7(5-3-6)8(11)10-9/h4-9,12,16,29H,10H2,1-2H3,(H,27,30)(H,28,31);4-5,8,10,16H,6H2,1-2H3,(H,17,18);2-5H,9H2,1H3,(H,10,11)/t12-,16+;8-,10?;/m00./s1. The number of aliphatic carboxylic acids is 1. The van der Waals surface area contributed by atoms with Crippen LogP contribution in [0.1, 0.15) is 67.9 Å². The number of aliphatic hydroxyl groups excluding tert-OH is 2. The molecule has 13 nitrogen and oxygen atoms in total. The van der Waals surface area contributed by atoms with Crippen LogP contribution in [0.5, 0.6) is 0 Å². The first-order valence-corrected chi connectivity index (χ1v) is 18.6. The molecule has 0 fully saturated rings. The Hall–Kier alpha value is -6.01. The lowest BCUT2D eigenvalue weighted by atomic mass is 9.91. The Bertz CT molecular complexity index is 2240. The van der Waals surface area contributed by atoms with E-state index in [0.717, 1.165) is 35.4 Å². The summed E-state index contributed by atoms with van der Waals surface area (Å²) in [5.41, 5.74) is 10.4. The molecule has 4 aromatic carbocycles. The number of hydrazine groups is 2. The third-order valence-corrected chi connectivity index (χ3v) is 10.1. The monoisotopic (exact) mass is 870 g/mol. The third kappa shape index (κ3) is 14.4. The summed E-state index contributed by atoms with van der Waals surface area (Å²) in [7, 11) is 0. The molecule has 0 aliphatic carbocycles. The van der Waals surface area contributed by atoms with Crippen LogP contribution in [0, 0.1) is 45.8 Å². The molecule has 3 amide bonds. The van der Waals surface area contributed by atoms with E-state index < -0.39 is 53.6 Å². The smallest absolute Gasteiger partial charge is 0.416 e. The minimum atomic E-state index is -4.53. The van der Waals surface area contributed by atoms with Gasteiger partial charge in [-0.25, -0.2) is 15.5 Å². The van der Waals surface area contributed by atoms with Crippen molar-refractivity contribution in [3.8, 4) is 0 Å². The molecule has 1 unspecified atom stereocenters. The number of aliphatic hydroxyl groups is 2. The minimum Gasteiger partial charge on any atom is -0.481 e. The van der Waals surface area contributed by atoms with Gasteiger partial charge in [0.25, 0.3) is 11.8 Å². The van der Waals surface area contributed by atoms with Crippen LogP contribution >= 0.6 is 23.2 Å². The quantitative estimate of drug-likeness (QED) is 0.0365. The van der Waals surface area contributed by atoms with Gasteiger partial charge in [-0.2, -0.15) is 13.2 Å². The molecule has 318 valence electrons. The zero-order valence-electron chi connectivity index (χ0n) is 33.0. The highest BCUT2D eigenvalue weighted by Crippen LogP contribution is 2.33. The largest absolute Gasteiger partial charge is 0.481 e. The summed E-state index contributed by atoms with van der Waals surface area (Å²) in [5, 5.41) is 29.1. The van der Waals surface area contributed by atoms with E-state index >= 15 is 0 Å². The van der Waals surface area contributed by atoms with Gasteiger partial charge in [0, 0.05) is 11.1 Å². The number of carbonyl (C=O) groups is 4. The number of rotatable bonds is 10. The molecule has 0 bridgehead atoms. The second kappa shape index (κ2) is 23.0. The first-order valence-electron chi connectivity index (χ1n) is 17.8. The second-order valence-electron chi connectivity index (χ2n) is 13.4. The summed E-state index contributed by atoms with van der Waals surface area (Å²) < 4.78 is 37.8. The molecule has 0 aliphatic rings. The number of hydrogen-bond donors (Lipinski definition) is 7. The molecule has 60 heavy (non-hydrogen) atoms. The minimum absolute atomic E-state index is 0.0840. The first kappa shape index (κ1) is 50.1. The fourth-order valence-corrected chi connectivity index (χ4v) is 5.79. The summed E-state index contributed by atoms with van der Waals surface area (Å²) in [4.78, 5) is 53.1. The van der Waals surface area contributed by atoms with Gasteiger partial charge in [0.05, 0.1) is 52.8 Å². The van der Waals surface area contributed by atoms with Gasteiger partial charge in [-0.1, -0.05) is 65.2 Å². The number of benzene rings is 4. The molecule has 0 aromatic heterocycles. The van der Waals surface area contributed by atoms with Crippen LogP contribution in [0.25, 0.3) is 9.69 Å². The maximum atomic E-state index is 12.6. The molecule has 8 N–H and O–H groups in total. The molecule has 0 heterocycles. The number of carboxylic acid groups (broad SMARTS) is 1. The van der Waals surface area contributed by atoms with Crippen molar-refractivity contribution in [3.63, 3.8) is 0 Å². The number of hydrogen-bond acceptors (Lipinski definition) is 7. The Kier molecular flexibility index (Phi) is 19.2. The summed E-state index contributed by atoms with van der Waals surface area (Å²) in [6.07, 6.45) is -6.27. The van der Waals surface area contributed by atoms with E-state index in [1.54, 1.807) is 44.2 Å². The van der Waals surface area contributed by atoms with Gasteiger partial charge in [-0.15, -0.1) is 0 Å². The number of nitrogens with one attached hydrogen (secondary N) is 3. The van der Waals surface area contributed by atoms with E-state index in [1.807, 2.05) is 19.1 Å². The number of aryl methyl sites for hydroxylation is 1. The van der Waals surface area contributed by atoms with Crippen molar-refractivity contribution in [2.24, 2.45) is 17.7 Å². The van der Waals surface area contributed by atoms with Gasteiger partial charge >= 0.3 is 12.1 Å². The van der Waals surface area contributed by atoms with E-state index in [9.17, 15) is 42.6 Å². The van der Waals surface area contributed by atoms with Crippen LogP contribution < -0.4 is 22.1 Å². The van der Waals surface area contributed by atoms with E-state index in [2.05, 4.69) is 26.0 Å². The zero-order chi connectivity index (χ0) is 45.5. The van der Waals surface area contributed by atoms with Gasteiger partial charge in [-0.3, -0.25) is 35.5 Å². The highest BCUT2D eigenvalue weighted by molar-refractivity contribution is 6.34. The lowest BCUT2D eigenvalue weighted by Crippen LogP contribution is -2.47. The molecule has 18 heteroatoms. The van der Waals surface area contributed by atoms with Gasteiger partial charge in [0.15, 0.2) is 0 Å². The lowest BCUT2D eigenvalue weighted by molar-refractivity contribution is -0.145. The van der Waals surface area contributed by atoms with Gasteiger partial charge < -0.3 is 15.3 Å². The van der Waals surface area contributed by atoms with E-state index in [-0.39, 0.29) is 35.0 Å². The van der Waals surface area contributed by atoms with Crippen molar-refractivity contribution in [2.45, 2.75) is 65.8 Å². The molecule has 0 radical (unpaired) electrons. The number of amides is 3. The van der Waals surface area contributed by atoms with Gasteiger partial charge in [-0.05, 0) is 106 Å². The lowest BCUT2D eigenvalue weighted by Gasteiger charge is -2.21. The Morgan fingerprint density at radius 3 is 1.50 bits per heavy atom. The summed E-state index contributed by atoms with van der Waals surface area (Å²) in [5.74, 6) is 0.296. The molecule has 0 spiro atoms. The average molecular weight is 872 g/mol. The Morgan fingerprint density at radius 1 is 0.700 bits per heavy atom. The highest BCUT2D eigenvalue weighted by Gasteiger charge is 2.31. The van der Waals surface area contributed by atoms with Crippen LogP contribution in [0.2, 0.25) is 10.0 Å². The number of alkyl halides is 3. The van der Waals surface area contributed by atoms with Crippen molar-refractivity contribution in [1.82, 2.24) is 16.3 Å².